The van der Waals surface area contributed by atoms with Crippen molar-refractivity contribution >= 4 is 33.2 Å². The van der Waals surface area contributed by atoms with Crippen molar-refractivity contribution in [2.24, 2.45) is 0 Å². The van der Waals surface area contributed by atoms with Gasteiger partial charge >= 0.3 is 0 Å². The molecule has 3 heteroatoms. The fourth-order valence-corrected chi connectivity index (χ4v) is 7.03. The molecule has 0 atom stereocenters. The van der Waals surface area contributed by atoms with Crippen LogP contribution in [-0.2, 0) is 6.42 Å². The molecule has 1 aliphatic rings. The summed E-state index contributed by atoms with van der Waals surface area (Å²) in [5.74, 6) is 0. The Morgan fingerprint density at radius 1 is 0.435 bits per heavy atom. The van der Waals surface area contributed by atoms with Crippen molar-refractivity contribution < 1.29 is 0 Å². The Hall–Kier alpha value is -5.93. The lowest BCUT2D eigenvalue weighted by molar-refractivity contribution is 0.999. The normalized spacial score (nSPS) is 12.6. The predicted octanol–water partition coefficient (Wildman–Crippen LogP) is 10.9. The number of hydrogen-bond acceptors (Lipinski definition) is 2. The lowest BCUT2D eigenvalue weighted by atomic mass is 9.99. The molecule has 0 saturated carbocycles. The number of hydrogen-bond donors (Lipinski definition) is 0. The van der Waals surface area contributed by atoms with Gasteiger partial charge in [0.15, 0.2) is 0 Å². The monoisotopic (exact) mass is 589 g/mol. The summed E-state index contributed by atoms with van der Waals surface area (Å²) in [5, 5.41) is 2.52. The van der Waals surface area contributed by atoms with Crippen LogP contribution in [0.15, 0.2) is 164 Å². The smallest absolute Gasteiger partial charge is 0.0715 e. The van der Waals surface area contributed by atoms with E-state index in [9.17, 15) is 0 Å². The molecule has 0 unspecified atom stereocenters. The van der Waals surface area contributed by atoms with E-state index >= 15 is 0 Å². The highest BCUT2D eigenvalue weighted by atomic mass is 15.2. The molecule has 3 heterocycles. The molecule has 0 saturated heterocycles. The molecule has 3 nitrogen and oxygen atoms in total. The molecular formula is C43H31N3. The molecule has 0 aliphatic carbocycles. The summed E-state index contributed by atoms with van der Waals surface area (Å²) in [4.78, 5) is 7.69. The van der Waals surface area contributed by atoms with Gasteiger partial charge in [0.25, 0.3) is 0 Å². The number of benzene rings is 6. The first-order valence-electron chi connectivity index (χ1n) is 15.9. The van der Waals surface area contributed by atoms with E-state index in [0.717, 1.165) is 46.7 Å². The molecule has 1 aliphatic heterocycles. The van der Waals surface area contributed by atoms with E-state index in [-0.39, 0.29) is 0 Å². The molecule has 46 heavy (non-hydrogen) atoms. The van der Waals surface area contributed by atoms with Crippen molar-refractivity contribution in [1.29, 1.82) is 0 Å². The van der Waals surface area contributed by atoms with Crippen LogP contribution in [0.5, 0.6) is 0 Å². The van der Waals surface area contributed by atoms with Gasteiger partial charge in [0, 0.05) is 45.5 Å². The number of para-hydroxylation sites is 2. The van der Waals surface area contributed by atoms with Gasteiger partial charge in [0.2, 0.25) is 0 Å². The highest BCUT2D eigenvalue weighted by Gasteiger charge is 2.24. The SMILES string of the molecule is c1ccc(-c2cc(-c3ccccc3)nc(-c3ccc4c(c3)c3cc5c(cc3n4-c3ccccc3)N(c3ccccc3)CC5)c2)cc1. The van der Waals surface area contributed by atoms with Gasteiger partial charge in [-0.05, 0) is 83.8 Å². The van der Waals surface area contributed by atoms with Crippen LogP contribution in [0.3, 0.4) is 0 Å². The Bertz CT molecular complexity index is 2280. The van der Waals surface area contributed by atoms with Crippen molar-refractivity contribution in [2.75, 3.05) is 11.4 Å². The Kier molecular flexibility index (Phi) is 6.27. The van der Waals surface area contributed by atoms with Crippen LogP contribution in [0, 0.1) is 0 Å². The Labute approximate surface area is 268 Å². The molecule has 2 aromatic heterocycles. The fraction of sp³-hybridized carbons (Fsp3) is 0.0465. The summed E-state index contributed by atoms with van der Waals surface area (Å²) in [7, 11) is 0. The number of fused-ring (bicyclic) bond motifs is 4. The molecule has 6 aromatic carbocycles. The number of rotatable bonds is 5. The number of pyridine rings is 1. The lowest BCUT2D eigenvalue weighted by Gasteiger charge is -2.20. The van der Waals surface area contributed by atoms with E-state index in [1.54, 1.807) is 0 Å². The van der Waals surface area contributed by atoms with E-state index in [0.29, 0.717) is 0 Å². The minimum Gasteiger partial charge on any atom is -0.341 e. The third kappa shape index (κ3) is 4.48. The van der Waals surface area contributed by atoms with E-state index < -0.39 is 0 Å². The maximum absolute atomic E-state index is 5.24. The molecule has 0 N–H and O–H groups in total. The highest BCUT2D eigenvalue weighted by Crippen LogP contribution is 2.42. The summed E-state index contributed by atoms with van der Waals surface area (Å²) < 4.78 is 2.42. The zero-order valence-electron chi connectivity index (χ0n) is 25.3. The molecule has 9 rings (SSSR count). The standard InChI is InChI=1S/C43H31N3/c1-5-13-30(14-6-1)34-27-39(31-15-7-2-8-16-31)44-40(28-34)32-21-22-41-37(25-32)38-26-33-23-24-45(35-17-9-3-10-18-35)42(33)29-43(38)46(41)36-19-11-4-12-20-36/h1-22,25-29H,23-24H2. The zero-order chi connectivity index (χ0) is 30.5. The predicted molar refractivity (Wildman–Crippen MR) is 192 cm³/mol. The summed E-state index contributed by atoms with van der Waals surface area (Å²) in [6, 6.07) is 58.7. The quantitative estimate of drug-likeness (QED) is 0.199. The van der Waals surface area contributed by atoms with Crippen molar-refractivity contribution in [2.45, 2.75) is 6.42 Å². The van der Waals surface area contributed by atoms with Crippen molar-refractivity contribution in [3.63, 3.8) is 0 Å². The fourth-order valence-electron chi connectivity index (χ4n) is 7.03. The molecule has 0 radical (unpaired) electrons. The van der Waals surface area contributed by atoms with Crippen LogP contribution < -0.4 is 4.90 Å². The van der Waals surface area contributed by atoms with E-state index in [1.165, 1.54) is 44.3 Å². The van der Waals surface area contributed by atoms with Gasteiger partial charge in [0.05, 0.1) is 22.4 Å². The van der Waals surface area contributed by atoms with Crippen LogP contribution >= 0.6 is 0 Å². The van der Waals surface area contributed by atoms with E-state index in [4.69, 9.17) is 4.98 Å². The topological polar surface area (TPSA) is 21.1 Å². The first-order chi connectivity index (χ1) is 22.8. The van der Waals surface area contributed by atoms with Crippen molar-refractivity contribution in [3.05, 3.63) is 169 Å². The van der Waals surface area contributed by atoms with Crippen molar-refractivity contribution in [1.82, 2.24) is 9.55 Å². The maximum atomic E-state index is 5.24. The van der Waals surface area contributed by atoms with Crippen LogP contribution in [0.1, 0.15) is 5.56 Å². The minimum atomic E-state index is 0.971. The molecule has 218 valence electrons. The Morgan fingerprint density at radius 2 is 1.02 bits per heavy atom. The van der Waals surface area contributed by atoms with Crippen molar-refractivity contribution in [3.8, 4) is 39.3 Å². The third-order valence-corrected chi connectivity index (χ3v) is 9.24. The Morgan fingerprint density at radius 3 is 1.72 bits per heavy atom. The second-order valence-electron chi connectivity index (χ2n) is 12.0. The highest BCUT2D eigenvalue weighted by molar-refractivity contribution is 6.12. The minimum absolute atomic E-state index is 0.971. The third-order valence-electron chi connectivity index (χ3n) is 9.24. The average molecular weight is 590 g/mol. The summed E-state index contributed by atoms with van der Waals surface area (Å²) in [5.41, 5.74) is 14.0. The largest absolute Gasteiger partial charge is 0.341 e. The lowest BCUT2D eigenvalue weighted by Crippen LogP contribution is -2.12. The molecule has 0 bridgehead atoms. The number of aromatic nitrogens is 2. The molecule has 0 amide bonds. The van der Waals surface area contributed by atoms with Crippen LogP contribution in [0.4, 0.5) is 11.4 Å². The van der Waals surface area contributed by atoms with Crippen LogP contribution in [0.2, 0.25) is 0 Å². The molecule has 8 aromatic rings. The number of nitrogens with zero attached hydrogens (tertiary/aromatic N) is 3. The maximum Gasteiger partial charge on any atom is 0.0715 e. The van der Waals surface area contributed by atoms with E-state index in [1.807, 2.05) is 0 Å². The second kappa shape index (κ2) is 10.9. The zero-order valence-corrected chi connectivity index (χ0v) is 25.3. The summed E-state index contributed by atoms with van der Waals surface area (Å²) in [6.45, 7) is 0.985. The van der Waals surface area contributed by atoms with Crippen LogP contribution in [-0.4, -0.2) is 16.1 Å². The molecular weight excluding hydrogens is 558 g/mol. The average Bonchev–Trinajstić information content (AvgIpc) is 3.70. The Balaban J connectivity index is 1.27. The van der Waals surface area contributed by atoms with Gasteiger partial charge in [-0.3, -0.25) is 0 Å². The first-order valence-corrected chi connectivity index (χ1v) is 15.9. The van der Waals surface area contributed by atoms with Gasteiger partial charge < -0.3 is 9.47 Å². The van der Waals surface area contributed by atoms with Gasteiger partial charge in [-0.15, -0.1) is 0 Å². The number of anilines is 2. The molecule has 0 fully saturated rings. The second-order valence-corrected chi connectivity index (χ2v) is 12.0. The first kappa shape index (κ1) is 26.5. The van der Waals surface area contributed by atoms with Crippen LogP contribution in [0.25, 0.3) is 61.1 Å². The van der Waals surface area contributed by atoms with Gasteiger partial charge in [-0.2, -0.15) is 0 Å². The van der Waals surface area contributed by atoms with E-state index in [2.05, 4.69) is 173 Å². The van der Waals surface area contributed by atoms with Gasteiger partial charge in [0.1, 0.15) is 0 Å². The van der Waals surface area contributed by atoms with Gasteiger partial charge in [-0.25, -0.2) is 4.98 Å². The summed E-state index contributed by atoms with van der Waals surface area (Å²) in [6.07, 6.45) is 1.03. The summed E-state index contributed by atoms with van der Waals surface area (Å²) >= 11 is 0. The molecule has 0 spiro atoms. The van der Waals surface area contributed by atoms with Gasteiger partial charge in [-0.1, -0.05) is 103 Å².